The summed E-state index contributed by atoms with van der Waals surface area (Å²) in [6.45, 7) is 10.6. The largest absolute Gasteiger partial charge is 0.309 e. The Labute approximate surface area is 81.7 Å². The summed E-state index contributed by atoms with van der Waals surface area (Å²) in [4.78, 5) is 2.69. The third-order valence-electron chi connectivity index (χ3n) is 3.48. The number of hydrogen-bond donors (Lipinski definition) is 1. The van der Waals surface area contributed by atoms with Crippen molar-refractivity contribution in [3.8, 4) is 0 Å². The average molecular weight is 182 g/mol. The molecular weight excluding hydrogens is 160 g/mol. The average Bonchev–Trinajstić information content (AvgIpc) is 2.80. The summed E-state index contributed by atoms with van der Waals surface area (Å²) in [6.07, 6.45) is 2.82. The van der Waals surface area contributed by atoms with E-state index in [1.54, 1.807) is 0 Å². The lowest BCUT2D eigenvalue weighted by molar-refractivity contribution is 0.141. The van der Waals surface area contributed by atoms with Gasteiger partial charge in [0.15, 0.2) is 0 Å². The van der Waals surface area contributed by atoms with Crippen molar-refractivity contribution in [2.24, 2.45) is 5.92 Å². The molecule has 1 aliphatic carbocycles. The van der Waals surface area contributed by atoms with Crippen LogP contribution in [-0.2, 0) is 0 Å². The molecule has 2 fully saturated rings. The van der Waals surface area contributed by atoms with E-state index in [1.807, 2.05) is 0 Å². The number of hydrogen-bond acceptors (Lipinski definition) is 2. The predicted octanol–water partition coefficient (Wildman–Crippen LogP) is 1.47. The molecule has 0 amide bonds. The lowest BCUT2D eigenvalue weighted by Gasteiger charge is -2.39. The maximum atomic E-state index is 3.56. The van der Waals surface area contributed by atoms with Gasteiger partial charge in [-0.2, -0.15) is 0 Å². The summed E-state index contributed by atoms with van der Waals surface area (Å²) in [5.74, 6) is 1.01. The smallest absolute Gasteiger partial charge is 0.0252 e. The molecule has 0 spiro atoms. The highest BCUT2D eigenvalue weighted by Crippen LogP contribution is 2.39. The van der Waals surface area contributed by atoms with Crippen molar-refractivity contribution in [2.75, 3.05) is 19.6 Å². The molecule has 2 aliphatic rings. The van der Waals surface area contributed by atoms with Crippen LogP contribution in [0.1, 0.15) is 33.6 Å². The van der Waals surface area contributed by atoms with E-state index in [0.29, 0.717) is 5.54 Å². The highest BCUT2D eigenvalue weighted by atomic mass is 15.3. The Morgan fingerprint density at radius 3 is 2.77 bits per heavy atom. The first kappa shape index (κ1) is 9.47. The Kier molecular flexibility index (Phi) is 2.37. The molecule has 0 aromatic carbocycles. The van der Waals surface area contributed by atoms with Crippen molar-refractivity contribution >= 4 is 0 Å². The summed E-state index contributed by atoms with van der Waals surface area (Å²) in [7, 11) is 0. The first-order valence-corrected chi connectivity index (χ1v) is 5.61. The summed E-state index contributed by atoms with van der Waals surface area (Å²) in [5.41, 5.74) is 0.332. The molecule has 2 atom stereocenters. The fourth-order valence-corrected chi connectivity index (χ4v) is 2.58. The van der Waals surface area contributed by atoms with E-state index in [4.69, 9.17) is 0 Å². The SMILES string of the molecule is CCC1CC1N1CCNC(C)(C)C1. The third-order valence-corrected chi connectivity index (χ3v) is 3.48. The quantitative estimate of drug-likeness (QED) is 0.695. The van der Waals surface area contributed by atoms with Crippen LogP contribution in [-0.4, -0.2) is 36.1 Å². The monoisotopic (exact) mass is 182 g/mol. The lowest BCUT2D eigenvalue weighted by atomic mass is 10.0. The second-order valence-corrected chi connectivity index (χ2v) is 5.25. The van der Waals surface area contributed by atoms with Gasteiger partial charge in [0, 0.05) is 31.2 Å². The topological polar surface area (TPSA) is 15.3 Å². The van der Waals surface area contributed by atoms with E-state index in [0.717, 1.165) is 12.0 Å². The van der Waals surface area contributed by atoms with Crippen LogP contribution in [0.3, 0.4) is 0 Å². The van der Waals surface area contributed by atoms with Crippen molar-refractivity contribution in [1.29, 1.82) is 0 Å². The zero-order valence-corrected chi connectivity index (χ0v) is 9.14. The summed E-state index contributed by atoms with van der Waals surface area (Å²) >= 11 is 0. The molecule has 2 rings (SSSR count). The number of nitrogens with one attached hydrogen (secondary N) is 1. The van der Waals surface area contributed by atoms with Gasteiger partial charge in [0.1, 0.15) is 0 Å². The number of piperazine rings is 1. The molecule has 0 bridgehead atoms. The van der Waals surface area contributed by atoms with E-state index < -0.39 is 0 Å². The van der Waals surface area contributed by atoms with Crippen LogP contribution in [0.15, 0.2) is 0 Å². The molecule has 0 radical (unpaired) electrons. The second kappa shape index (κ2) is 3.25. The molecule has 1 saturated carbocycles. The van der Waals surface area contributed by atoms with Gasteiger partial charge < -0.3 is 5.32 Å². The normalized spacial score (nSPS) is 39.0. The molecule has 2 unspecified atom stereocenters. The van der Waals surface area contributed by atoms with Crippen molar-refractivity contribution in [1.82, 2.24) is 10.2 Å². The molecule has 1 aliphatic heterocycles. The van der Waals surface area contributed by atoms with Crippen molar-refractivity contribution in [3.63, 3.8) is 0 Å². The maximum absolute atomic E-state index is 3.56. The van der Waals surface area contributed by atoms with E-state index in [2.05, 4.69) is 31.0 Å². The second-order valence-electron chi connectivity index (χ2n) is 5.25. The summed E-state index contributed by atoms with van der Waals surface area (Å²) in [6, 6.07) is 0.923. The number of nitrogens with zero attached hydrogens (tertiary/aromatic N) is 1. The zero-order valence-electron chi connectivity index (χ0n) is 9.14. The molecule has 1 heterocycles. The van der Waals surface area contributed by atoms with Gasteiger partial charge in [-0.15, -0.1) is 0 Å². The van der Waals surface area contributed by atoms with Gasteiger partial charge in [-0.05, 0) is 26.2 Å². The highest BCUT2D eigenvalue weighted by molar-refractivity contribution is 4.99. The van der Waals surface area contributed by atoms with Crippen molar-refractivity contribution in [3.05, 3.63) is 0 Å². The highest BCUT2D eigenvalue weighted by Gasteiger charge is 2.42. The first-order chi connectivity index (χ1) is 6.12. The predicted molar refractivity (Wildman–Crippen MR) is 55.8 cm³/mol. The Bertz CT molecular complexity index is 189. The lowest BCUT2D eigenvalue weighted by Crippen LogP contribution is -2.57. The van der Waals surface area contributed by atoms with Gasteiger partial charge in [-0.25, -0.2) is 0 Å². The molecule has 2 heteroatoms. The molecule has 1 saturated heterocycles. The molecule has 1 N–H and O–H groups in total. The zero-order chi connectivity index (χ0) is 9.47. The van der Waals surface area contributed by atoms with Crippen LogP contribution in [0.2, 0.25) is 0 Å². The molecule has 13 heavy (non-hydrogen) atoms. The van der Waals surface area contributed by atoms with Crippen molar-refractivity contribution < 1.29 is 0 Å². The fourth-order valence-electron chi connectivity index (χ4n) is 2.58. The van der Waals surface area contributed by atoms with Gasteiger partial charge in [0.05, 0.1) is 0 Å². The molecule has 0 aromatic rings. The van der Waals surface area contributed by atoms with Gasteiger partial charge in [0.2, 0.25) is 0 Å². The molecule has 2 nitrogen and oxygen atoms in total. The number of rotatable bonds is 2. The van der Waals surface area contributed by atoms with Crippen LogP contribution in [0.25, 0.3) is 0 Å². The van der Waals surface area contributed by atoms with Gasteiger partial charge in [0.25, 0.3) is 0 Å². The van der Waals surface area contributed by atoms with Crippen LogP contribution in [0.5, 0.6) is 0 Å². The van der Waals surface area contributed by atoms with Crippen LogP contribution >= 0.6 is 0 Å². The standard InChI is InChI=1S/C11H22N2/c1-4-9-7-10(9)13-6-5-12-11(2,3)8-13/h9-10,12H,4-8H2,1-3H3. The van der Waals surface area contributed by atoms with Crippen LogP contribution < -0.4 is 5.32 Å². The van der Waals surface area contributed by atoms with Gasteiger partial charge >= 0.3 is 0 Å². The fraction of sp³-hybridized carbons (Fsp3) is 1.00. The minimum atomic E-state index is 0.332. The Hall–Kier alpha value is -0.0800. The third kappa shape index (κ3) is 2.05. The Morgan fingerprint density at radius 2 is 2.23 bits per heavy atom. The van der Waals surface area contributed by atoms with E-state index >= 15 is 0 Å². The van der Waals surface area contributed by atoms with Crippen LogP contribution in [0, 0.1) is 5.92 Å². The minimum Gasteiger partial charge on any atom is -0.309 e. The van der Waals surface area contributed by atoms with Gasteiger partial charge in [-0.1, -0.05) is 13.3 Å². The summed E-state index contributed by atoms with van der Waals surface area (Å²) in [5, 5.41) is 3.56. The molecule has 0 aromatic heterocycles. The van der Waals surface area contributed by atoms with Gasteiger partial charge in [-0.3, -0.25) is 4.90 Å². The first-order valence-electron chi connectivity index (χ1n) is 5.61. The van der Waals surface area contributed by atoms with E-state index in [1.165, 1.54) is 32.5 Å². The molecule has 76 valence electrons. The Balaban J connectivity index is 1.87. The Morgan fingerprint density at radius 1 is 1.46 bits per heavy atom. The van der Waals surface area contributed by atoms with E-state index in [9.17, 15) is 0 Å². The molecular formula is C11H22N2. The maximum Gasteiger partial charge on any atom is 0.0252 e. The van der Waals surface area contributed by atoms with Crippen molar-refractivity contribution in [2.45, 2.75) is 45.2 Å². The van der Waals surface area contributed by atoms with Crippen LogP contribution in [0.4, 0.5) is 0 Å². The summed E-state index contributed by atoms with van der Waals surface area (Å²) < 4.78 is 0. The van der Waals surface area contributed by atoms with E-state index in [-0.39, 0.29) is 0 Å². The minimum absolute atomic E-state index is 0.332.